The minimum atomic E-state index is 0.470. The van der Waals surface area contributed by atoms with E-state index in [1.54, 1.807) is 0 Å². The zero-order chi connectivity index (χ0) is 11.4. The smallest absolute Gasteiger partial charge is 0.00783 e. The quantitative estimate of drug-likeness (QED) is 0.771. The third-order valence-corrected chi connectivity index (χ3v) is 3.75. The number of unbranched alkanes of at least 4 members (excludes halogenated alkanes) is 1. The predicted octanol–water partition coefficient (Wildman–Crippen LogP) is 3.28. The molecule has 0 aliphatic heterocycles. The molecule has 1 heteroatoms. The maximum atomic E-state index is 3.32. The summed E-state index contributed by atoms with van der Waals surface area (Å²) in [4.78, 5) is 0. The third-order valence-electron chi connectivity index (χ3n) is 3.75. The van der Waals surface area contributed by atoms with E-state index >= 15 is 0 Å². The molecule has 88 valence electrons. The molecular formula is C15H23N. The third kappa shape index (κ3) is 2.46. The van der Waals surface area contributed by atoms with Crippen LogP contribution in [0.3, 0.4) is 0 Å². The summed E-state index contributed by atoms with van der Waals surface area (Å²) in [6, 6.07) is 9.33. The maximum absolute atomic E-state index is 3.32. The van der Waals surface area contributed by atoms with Crippen molar-refractivity contribution in [1.82, 2.24) is 5.32 Å². The van der Waals surface area contributed by atoms with Gasteiger partial charge in [0.25, 0.3) is 0 Å². The first-order valence-corrected chi connectivity index (χ1v) is 6.55. The number of hydrogen-bond donors (Lipinski definition) is 1. The van der Waals surface area contributed by atoms with Crippen LogP contribution in [-0.4, -0.2) is 13.6 Å². The second-order valence-electron chi connectivity index (χ2n) is 5.11. The molecule has 1 N–H and O–H groups in total. The predicted molar refractivity (Wildman–Crippen MR) is 69.9 cm³/mol. The van der Waals surface area contributed by atoms with Crippen molar-refractivity contribution in [2.24, 2.45) is 0 Å². The Morgan fingerprint density at radius 2 is 1.88 bits per heavy atom. The molecule has 0 amide bonds. The van der Waals surface area contributed by atoms with Crippen LogP contribution in [0, 0.1) is 0 Å². The molecule has 0 radical (unpaired) electrons. The lowest BCUT2D eigenvalue weighted by atomic mass is 9.94. The number of nitrogens with one attached hydrogen (secondary N) is 1. The van der Waals surface area contributed by atoms with Gasteiger partial charge in [0.1, 0.15) is 0 Å². The molecule has 0 aromatic heterocycles. The van der Waals surface area contributed by atoms with Gasteiger partial charge in [-0.25, -0.2) is 0 Å². The summed E-state index contributed by atoms with van der Waals surface area (Å²) >= 11 is 0. The highest BCUT2D eigenvalue weighted by molar-refractivity contribution is 5.34. The Morgan fingerprint density at radius 1 is 1.19 bits per heavy atom. The van der Waals surface area contributed by atoms with Crippen LogP contribution in [0.2, 0.25) is 0 Å². The molecule has 1 fully saturated rings. The minimum Gasteiger partial charge on any atom is -0.319 e. The van der Waals surface area contributed by atoms with E-state index in [0.29, 0.717) is 5.41 Å². The monoisotopic (exact) mass is 217 g/mol. The zero-order valence-corrected chi connectivity index (χ0v) is 10.6. The highest BCUT2D eigenvalue weighted by Crippen LogP contribution is 2.47. The van der Waals surface area contributed by atoms with Crippen LogP contribution >= 0.6 is 0 Å². The summed E-state index contributed by atoms with van der Waals surface area (Å²) in [6.07, 6.45) is 6.52. The highest BCUT2D eigenvalue weighted by Gasteiger charge is 2.43. The molecule has 1 aromatic rings. The molecule has 1 saturated carbocycles. The summed E-state index contributed by atoms with van der Waals surface area (Å²) in [6.45, 7) is 3.38. The Hall–Kier alpha value is -0.820. The van der Waals surface area contributed by atoms with Crippen LogP contribution in [0.1, 0.15) is 43.7 Å². The van der Waals surface area contributed by atoms with Gasteiger partial charge in [-0.1, -0.05) is 37.6 Å². The number of aryl methyl sites for hydroxylation is 1. The molecule has 1 aromatic carbocycles. The number of hydrogen-bond acceptors (Lipinski definition) is 1. The lowest BCUT2D eigenvalue weighted by Crippen LogP contribution is -2.23. The van der Waals surface area contributed by atoms with Crippen molar-refractivity contribution >= 4 is 0 Å². The minimum absolute atomic E-state index is 0.470. The highest BCUT2D eigenvalue weighted by atomic mass is 14.8. The molecular weight excluding hydrogens is 194 g/mol. The number of benzene rings is 1. The van der Waals surface area contributed by atoms with Crippen molar-refractivity contribution in [3.63, 3.8) is 0 Å². The van der Waals surface area contributed by atoms with E-state index < -0.39 is 0 Å². The molecule has 0 saturated heterocycles. The van der Waals surface area contributed by atoms with Gasteiger partial charge < -0.3 is 5.32 Å². The molecule has 1 nitrogen and oxygen atoms in total. The van der Waals surface area contributed by atoms with Gasteiger partial charge in [0, 0.05) is 12.0 Å². The van der Waals surface area contributed by atoms with Crippen LogP contribution in [0.4, 0.5) is 0 Å². The first-order chi connectivity index (χ1) is 7.80. The average molecular weight is 217 g/mol. The van der Waals surface area contributed by atoms with Crippen LogP contribution in [0.15, 0.2) is 24.3 Å². The first kappa shape index (κ1) is 11.7. The van der Waals surface area contributed by atoms with Crippen molar-refractivity contribution < 1.29 is 0 Å². The Morgan fingerprint density at radius 3 is 2.38 bits per heavy atom. The summed E-state index contributed by atoms with van der Waals surface area (Å²) in [5.41, 5.74) is 3.49. The van der Waals surface area contributed by atoms with E-state index in [9.17, 15) is 0 Å². The van der Waals surface area contributed by atoms with E-state index in [1.165, 1.54) is 43.2 Å². The molecule has 0 heterocycles. The van der Waals surface area contributed by atoms with Gasteiger partial charge >= 0.3 is 0 Å². The first-order valence-electron chi connectivity index (χ1n) is 6.55. The largest absolute Gasteiger partial charge is 0.319 e. The van der Waals surface area contributed by atoms with Gasteiger partial charge in [-0.3, -0.25) is 0 Å². The fraction of sp³-hybridized carbons (Fsp3) is 0.600. The van der Waals surface area contributed by atoms with E-state index in [0.717, 1.165) is 6.54 Å². The molecule has 0 atom stereocenters. The molecule has 2 rings (SSSR count). The van der Waals surface area contributed by atoms with Crippen molar-refractivity contribution in [2.75, 3.05) is 13.6 Å². The van der Waals surface area contributed by atoms with Crippen LogP contribution < -0.4 is 5.32 Å². The fourth-order valence-corrected chi connectivity index (χ4v) is 2.46. The number of rotatable bonds is 6. The van der Waals surface area contributed by atoms with Crippen molar-refractivity contribution in [3.8, 4) is 0 Å². The summed E-state index contributed by atoms with van der Waals surface area (Å²) in [5.74, 6) is 0. The van der Waals surface area contributed by atoms with Gasteiger partial charge in [-0.05, 0) is 43.9 Å². The summed E-state index contributed by atoms with van der Waals surface area (Å²) in [5, 5.41) is 3.32. The molecule has 1 aliphatic rings. The molecule has 0 spiro atoms. The van der Waals surface area contributed by atoms with E-state index in [2.05, 4.69) is 43.6 Å². The van der Waals surface area contributed by atoms with Gasteiger partial charge in [-0.15, -0.1) is 0 Å². The van der Waals surface area contributed by atoms with Gasteiger partial charge in [0.05, 0.1) is 0 Å². The van der Waals surface area contributed by atoms with Gasteiger partial charge in [0.2, 0.25) is 0 Å². The van der Waals surface area contributed by atoms with Crippen molar-refractivity contribution in [3.05, 3.63) is 35.4 Å². The van der Waals surface area contributed by atoms with Crippen LogP contribution in [-0.2, 0) is 11.8 Å². The molecule has 16 heavy (non-hydrogen) atoms. The van der Waals surface area contributed by atoms with Crippen molar-refractivity contribution in [1.29, 1.82) is 0 Å². The Kier molecular flexibility index (Phi) is 3.65. The second-order valence-corrected chi connectivity index (χ2v) is 5.11. The van der Waals surface area contributed by atoms with Gasteiger partial charge in [0.15, 0.2) is 0 Å². The van der Waals surface area contributed by atoms with E-state index in [4.69, 9.17) is 0 Å². The Labute approximate surface area is 99.3 Å². The number of likely N-dealkylation sites (N-methyl/N-ethyl adjacent to an activating group) is 1. The lowest BCUT2D eigenvalue weighted by molar-refractivity contribution is 0.624. The SMILES string of the molecule is CCCCc1ccc(C2(CNC)CC2)cc1. The van der Waals surface area contributed by atoms with E-state index in [-0.39, 0.29) is 0 Å². The van der Waals surface area contributed by atoms with Gasteiger partial charge in [-0.2, -0.15) is 0 Å². The lowest BCUT2D eigenvalue weighted by Gasteiger charge is -2.15. The van der Waals surface area contributed by atoms with Crippen LogP contribution in [0.25, 0.3) is 0 Å². The molecule has 1 aliphatic carbocycles. The molecule has 0 bridgehead atoms. The van der Waals surface area contributed by atoms with Crippen molar-refractivity contribution in [2.45, 2.75) is 44.4 Å². The Balaban J connectivity index is 2.02. The standard InChI is InChI=1S/C15H23N/c1-3-4-5-13-6-8-14(9-7-13)15(10-11-15)12-16-2/h6-9,16H,3-5,10-12H2,1-2H3. The normalized spacial score (nSPS) is 17.4. The average Bonchev–Trinajstić information content (AvgIpc) is 3.09. The zero-order valence-electron chi connectivity index (χ0n) is 10.6. The summed E-state index contributed by atoms with van der Waals surface area (Å²) in [7, 11) is 2.05. The van der Waals surface area contributed by atoms with Crippen LogP contribution in [0.5, 0.6) is 0 Å². The summed E-state index contributed by atoms with van der Waals surface area (Å²) < 4.78 is 0. The fourth-order valence-electron chi connectivity index (χ4n) is 2.46. The Bertz CT molecular complexity index is 322. The topological polar surface area (TPSA) is 12.0 Å². The van der Waals surface area contributed by atoms with E-state index in [1.807, 2.05) is 0 Å². The molecule has 0 unspecified atom stereocenters. The second kappa shape index (κ2) is 5.01. The maximum Gasteiger partial charge on any atom is 0.00783 e.